The number of nitro benzene ring substituents is 1. The van der Waals surface area contributed by atoms with Gasteiger partial charge >= 0.3 is 0 Å². The third-order valence-electron chi connectivity index (χ3n) is 3.19. The number of nitrogens with one attached hydrogen (secondary N) is 2. The van der Waals surface area contributed by atoms with Crippen LogP contribution in [0.5, 0.6) is 0 Å². The lowest BCUT2D eigenvalue weighted by Gasteiger charge is -1.98. The van der Waals surface area contributed by atoms with Gasteiger partial charge in [0.25, 0.3) is 11.6 Å². The molecule has 0 saturated heterocycles. The highest BCUT2D eigenvalue weighted by Crippen LogP contribution is 2.18. The van der Waals surface area contributed by atoms with Gasteiger partial charge in [0.2, 0.25) is 0 Å². The average molecular weight is 355 g/mol. The molecule has 3 rings (SSSR count). The molecule has 0 radical (unpaired) electrons. The van der Waals surface area contributed by atoms with Crippen LogP contribution in [-0.2, 0) is 4.79 Å². The summed E-state index contributed by atoms with van der Waals surface area (Å²) in [6, 6.07) is 13.6. The maximum atomic E-state index is 11.8. The second-order valence-corrected chi connectivity index (χ2v) is 5.96. The van der Waals surface area contributed by atoms with Gasteiger partial charge in [0.15, 0.2) is 5.16 Å². The number of amides is 1. The summed E-state index contributed by atoms with van der Waals surface area (Å²) < 4.78 is 0. The molecule has 3 aromatic rings. The molecule has 0 aliphatic heterocycles. The number of imidazole rings is 1. The second kappa shape index (κ2) is 7.58. The zero-order valence-electron chi connectivity index (χ0n) is 12.9. The van der Waals surface area contributed by atoms with E-state index in [9.17, 15) is 14.9 Å². The maximum absolute atomic E-state index is 11.8. The lowest BCUT2D eigenvalue weighted by molar-refractivity contribution is -0.384. The Labute approximate surface area is 146 Å². The molecule has 0 aliphatic carbocycles. The van der Waals surface area contributed by atoms with E-state index in [1.807, 2.05) is 24.3 Å². The van der Waals surface area contributed by atoms with Gasteiger partial charge in [-0.3, -0.25) is 14.9 Å². The van der Waals surface area contributed by atoms with Crippen molar-refractivity contribution in [2.24, 2.45) is 5.10 Å². The molecular weight excluding hydrogens is 342 g/mol. The fourth-order valence-electron chi connectivity index (χ4n) is 2.06. The van der Waals surface area contributed by atoms with Gasteiger partial charge in [-0.25, -0.2) is 10.4 Å². The summed E-state index contributed by atoms with van der Waals surface area (Å²) in [5, 5.41) is 15.2. The number of hydrogen-bond acceptors (Lipinski definition) is 6. The summed E-state index contributed by atoms with van der Waals surface area (Å²) in [6.45, 7) is 0. The van der Waals surface area contributed by atoms with Crippen LogP contribution < -0.4 is 5.43 Å². The van der Waals surface area contributed by atoms with Crippen molar-refractivity contribution in [3.05, 3.63) is 64.2 Å². The van der Waals surface area contributed by atoms with Crippen LogP contribution in [0.4, 0.5) is 5.69 Å². The van der Waals surface area contributed by atoms with Crippen molar-refractivity contribution in [1.82, 2.24) is 15.4 Å². The number of thioether (sulfide) groups is 1. The van der Waals surface area contributed by atoms with Gasteiger partial charge in [-0.15, -0.1) is 0 Å². The minimum Gasteiger partial charge on any atom is -0.333 e. The highest BCUT2D eigenvalue weighted by atomic mass is 32.2. The molecule has 2 N–H and O–H groups in total. The van der Waals surface area contributed by atoms with E-state index >= 15 is 0 Å². The number of carbonyl (C=O) groups excluding carboxylic acids is 1. The molecule has 0 aliphatic rings. The first-order chi connectivity index (χ1) is 12.1. The monoisotopic (exact) mass is 355 g/mol. The predicted molar refractivity (Wildman–Crippen MR) is 95.7 cm³/mol. The normalized spacial score (nSPS) is 11.0. The van der Waals surface area contributed by atoms with E-state index in [2.05, 4.69) is 20.5 Å². The van der Waals surface area contributed by atoms with Gasteiger partial charge in [-0.2, -0.15) is 5.10 Å². The maximum Gasteiger partial charge on any atom is 0.270 e. The first-order valence-electron chi connectivity index (χ1n) is 7.26. The minimum absolute atomic E-state index is 0.0317. The van der Waals surface area contributed by atoms with E-state index in [-0.39, 0.29) is 17.3 Å². The van der Waals surface area contributed by atoms with Crippen LogP contribution in [0.1, 0.15) is 5.56 Å². The van der Waals surface area contributed by atoms with Crippen molar-refractivity contribution < 1.29 is 9.72 Å². The molecule has 1 heterocycles. The predicted octanol–water partition coefficient (Wildman–Crippen LogP) is 2.71. The highest BCUT2D eigenvalue weighted by Gasteiger charge is 2.07. The number of nitro groups is 1. The Kier molecular flexibility index (Phi) is 5.05. The largest absolute Gasteiger partial charge is 0.333 e. The third kappa shape index (κ3) is 4.42. The number of H-pyrrole nitrogens is 1. The highest BCUT2D eigenvalue weighted by molar-refractivity contribution is 7.99. The van der Waals surface area contributed by atoms with Crippen LogP contribution in [0.3, 0.4) is 0 Å². The summed E-state index contributed by atoms with van der Waals surface area (Å²) in [5.74, 6) is -0.154. The number of para-hydroxylation sites is 2. The number of rotatable bonds is 6. The van der Waals surface area contributed by atoms with Crippen LogP contribution in [0.2, 0.25) is 0 Å². The fourth-order valence-corrected chi connectivity index (χ4v) is 2.74. The second-order valence-electron chi connectivity index (χ2n) is 4.99. The molecule has 0 atom stereocenters. The Morgan fingerprint density at radius 2 is 2.16 bits per heavy atom. The number of nitrogens with zero attached hydrogens (tertiary/aromatic N) is 3. The molecule has 0 saturated carbocycles. The number of non-ortho nitro benzene ring substituents is 1. The molecule has 0 spiro atoms. The smallest absolute Gasteiger partial charge is 0.270 e. The van der Waals surface area contributed by atoms with Crippen molar-refractivity contribution in [2.45, 2.75) is 5.16 Å². The third-order valence-corrected chi connectivity index (χ3v) is 4.06. The number of benzene rings is 2. The molecule has 8 nitrogen and oxygen atoms in total. The molecule has 0 bridgehead atoms. The van der Waals surface area contributed by atoms with Gasteiger partial charge in [0, 0.05) is 17.7 Å². The Bertz CT molecular complexity index is 921. The van der Waals surface area contributed by atoms with Crippen molar-refractivity contribution in [3.63, 3.8) is 0 Å². The number of aromatic amines is 1. The van der Waals surface area contributed by atoms with E-state index in [0.717, 1.165) is 11.0 Å². The zero-order valence-corrected chi connectivity index (χ0v) is 13.7. The average Bonchev–Trinajstić information content (AvgIpc) is 3.03. The van der Waals surface area contributed by atoms with Crippen molar-refractivity contribution in [1.29, 1.82) is 0 Å². The van der Waals surface area contributed by atoms with E-state index in [0.29, 0.717) is 10.7 Å². The molecule has 0 fully saturated rings. The van der Waals surface area contributed by atoms with Gasteiger partial charge < -0.3 is 4.98 Å². The number of hydrogen-bond donors (Lipinski definition) is 2. The van der Waals surface area contributed by atoms with Gasteiger partial charge in [-0.1, -0.05) is 36.0 Å². The van der Waals surface area contributed by atoms with Crippen LogP contribution >= 0.6 is 11.8 Å². The van der Waals surface area contributed by atoms with Crippen molar-refractivity contribution in [2.75, 3.05) is 5.75 Å². The van der Waals surface area contributed by atoms with Crippen molar-refractivity contribution in [3.8, 4) is 0 Å². The SMILES string of the molecule is O=C(CSc1nc2ccccc2[nH]1)N/N=C/c1cccc([N+](=O)[O-])c1. The number of aromatic nitrogens is 2. The van der Waals surface area contributed by atoms with E-state index in [4.69, 9.17) is 0 Å². The first kappa shape index (κ1) is 16.7. The van der Waals surface area contributed by atoms with Gasteiger partial charge in [0.05, 0.1) is 27.9 Å². The van der Waals surface area contributed by atoms with Gasteiger partial charge in [0.1, 0.15) is 0 Å². The Balaban J connectivity index is 1.52. The van der Waals surface area contributed by atoms with Crippen molar-refractivity contribution >= 4 is 40.6 Å². The lowest BCUT2D eigenvalue weighted by atomic mass is 10.2. The molecule has 126 valence electrons. The molecule has 25 heavy (non-hydrogen) atoms. The molecule has 2 aromatic carbocycles. The molecular formula is C16H13N5O3S. The molecule has 0 unspecified atom stereocenters. The molecule has 1 amide bonds. The Morgan fingerprint density at radius 1 is 1.32 bits per heavy atom. The van der Waals surface area contributed by atoms with E-state index in [1.54, 1.807) is 12.1 Å². The summed E-state index contributed by atoms with van der Waals surface area (Å²) in [6.07, 6.45) is 1.36. The van der Waals surface area contributed by atoms with Crippen LogP contribution in [-0.4, -0.2) is 32.8 Å². The van der Waals surface area contributed by atoms with E-state index < -0.39 is 4.92 Å². The summed E-state index contributed by atoms with van der Waals surface area (Å²) >= 11 is 1.26. The summed E-state index contributed by atoms with van der Waals surface area (Å²) in [4.78, 5) is 29.5. The quantitative estimate of drug-likeness (QED) is 0.305. The Hall–Kier alpha value is -3.20. The number of hydrazone groups is 1. The fraction of sp³-hybridized carbons (Fsp3) is 0.0625. The van der Waals surface area contributed by atoms with Gasteiger partial charge in [-0.05, 0) is 12.1 Å². The zero-order chi connectivity index (χ0) is 17.6. The Morgan fingerprint density at radius 3 is 2.96 bits per heavy atom. The molecule has 9 heteroatoms. The lowest BCUT2D eigenvalue weighted by Crippen LogP contribution is -2.19. The van der Waals surface area contributed by atoms with Crippen LogP contribution in [0, 0.1) is 10.1 Å². The number of fused-ring (bicyclic) bond motifs is 1. The summed E-state index contributed by atoms with van der Waals surface area (Å²) in [5.41, 5.74) is 4.63. The minimum atomic E-state index is -0.486. The summed E-state index contributed by atoms with van der Waals surface area (Å²) in [7, 11) is 0. The topological polar surface area (TPSA) is 113 Å². The van der Waals surface area contributed by atoms with Crippen LogP contribution in [0.15, 0.2) is 58.8 Å². The van der Waals surface area contributed by atoms with Crippen LogP contribution in [0.25, 0.3) is 11.0 Å². The standard InChI is InChI=1S/C16H13N5O3S/c22-15(10-25-16-18-13-6-1-2-7-14(13)19-16)20-17-9-11-4-3-5-12(8-11)21(23)24/h1-9H,10H2,(H,18,19)(H,20,22)/b17-9+. The molecule has 1 aromatic heterocycles. The number of carbonyl (C=O) groups is 1. The first-order valence-corrected chi connectivity index (χ1v) is 8.24. The van der Waals surface area contributed by atoms with E-state index in [1.165, 1.54) is 30.1 Å².